The average molecular weight is 282 g/mol. The number of ketones is 1. The van der Waals surface area contributed by atoms with Crippen LogP contribution in [0.1, 0.15) is 41.9 Å². The Morgan fingerprint density at radius 1 is 1.14 bits per heavy atom. The van der Waals surface area contributed by atoms with Crippen LogP contribution in [0, 0.1) is 5.82 Å². The van der Waals surface area contributed by atoms with Crippen LogP contribution >= 0.6 is 0 Å². The Morgan fingerprint density at radius 3 is 2.86 bits per heavy atom. The summed E-state index contributed by atoms with van der Waals surface area (Å²) in [6.45, 7) is 0. The molecule has 0 radical (unpaired) electrons. The molecule has 1 nitrogen and oxygen atoms in total. The third kappa shape index (κ3) is 3.38. The summed E-state index contributed by atoms with van der Waals surface area (Å²) in [4.78, 5) is 12.3. The first-order chi connectivity index (χ1) is 10.2. The van der Waals surface area contributed by atoms with Crippen molar-refractivity contribution in [3.05, 3.63) is 71.0 Å². The highest BCUT2D eigenvalue weighted by Gasteiger charge is 2.22. The van der Waals surface area contributed by atoms with E-state index < -0.39 is 0 Å². The Hall–Kier alpha value is -1.96. The molecule has 0 saturated carbocycles. The van der Waals surface area contributed by atoms with E-state index in [0.29, 0.717) is 18.8 Å². The monoisotopic (exact) mass is 282 g/mol. The lowest BCUT2D eigenvalue weighted by Crippen LogP contribution is -2.15. The molecule has 0 aromatic heterocycles. The van der Waals surface area contributed by atoms with Gasteiger partial charge in [0, 0.05) is 12.8 Å². The number of fused-ring (bicyclic) bond motifs is 1. The number of halogens is 1. The van der Waals surface area contributed by atoms with Crippen molar-refractivity contribution in [1.82, 2.24) is 0 Å². The molecule has 0 bridgehead atoms. The zero-order chi connectivity index (χ0) is 14.7. The van der Waals surface area contributed by atoms with Gasteiger partial charge < -0.3 is 0 Å². The standard InChI is InChI=1S/C19H19FO/c20-17-9-3-5-14(11-17)12-18(21)13-16-8-4-7-15-6-1-2-10-19(15)16/h1-3,5-6,9-11,16H,4,7-8,12-13H2. The highest BCUT2D eigenvalue weighted by atomic mass is 19.1. The highest BCUT2D eigenvalue weighted by Crippen LogP contribution is 2.34. The van der Waals surface area contributed by atoms with E-state index in [1.165, 1.54) is 23.3 Å². The topological polar surface area (TPSA) is 17.1 Å². The van der Waals surface area contributed by atoms with Crippen LogP contribution in [0.4, 0.5) is 4.39 Å². The highest BCUT2D eigenvalue weighted by molar-refractivity contribution is 5.81. The van der Waals surface area contributed by atoms with E-state index in [0.717, 1.165) is 24.8 Å². The van der Waals surface area contributed by atoms with E-state index in [1.54, 1.807) is 6.07 Å². The van der Waals surface area contributed by atoms with Crippen molar-refractivity contribution in [3.63, 3.8) is 0 Å². The summed E-state index contributed by atoms with van der Waals surface area (Å²) in [5, 5.41) is 0. The minimum Gasteiger partial charge on any atom is -0.299 e. The molecule has 3 rings (SSSR count). The molecule has 0 heterocycles. The van der Waals surface area contributed by atoms with Crippen LogP contribution in [0.5, 0.6) is 0 Å². The average Bonchev–Trinajstić information content (AvgIpc) is 2.47. The minimum absolute atomic E-state index is 0.197. The van der Waals surface area contributed by atoms with Crippen molar-refractivity contribution >= 4 is 5.78 Å². The second-order valence-electron chi connectivity index (χ2n) is 5.84. The van der Waals surface area contributed by atoms with Crippen molar-refractivity contribution in [2.45, 2.75) is 38.0 Å². The number of carbonyl (C=O) groups is 1. The van der Waals surface area contributed by atoms with Gasteiger partial charge in [0.25, 0.3) is 0 Å². The quantitative estimate of drug-likeness (QED) is 0.810. The number of hydrogen-bond donors (Lipinski definition) is 0. The van der Waals surface area contributed by atoms with Gasteiger partial charge in [0.05, 0.1) is 0 Å². The van der Waals surface area contributed by atoms with E-state index in [-0.39, 0.29) is 11.6 Å². The number of aryl methyl sites for hydroxylation is 1. The van der Waals surface area contributed by atoms with Gasteiger partial charge in [-0.15, -0.1) is 0 Å². The molecule has 2 heteroatoms. The maximum atomic E-state index is 13.2. The van der Waals surface area contributed by atoms with Crippen molar-refractivity contribution in [3.8, 4) is 0 Å². The van der Waals surface area contributed by atoms with Crippen LogP contribution in [0.15, 0.2) is 48.5 Å². The fourth-order valence-corrected chi connectivity index (χ4v) is 3.29. The Balaban J connectivity index is 1.68. The number of rotatable bonds is 4. The molecule has 0 aliphatic heterocycles. The van der Waals surface area contributed by atoms with Crippen molar-refractivity contribution in [2.75, 3.05) is 0 Å². The molecule has 21 heavy (non-hydrogen) atoms. The van der Waals surface area contributed by atoms with Gasteiger partial charge >= 0.3 is 0 Å². The van der Waals surface area contributed by atoms with Gasteiger partial charge in [-0.3, -0.25) is 4.79 Å². The zero-order valence-corrected chi connectivity index (χ0v) is 12.0. The van der Waals surface area contributed by atoms with Crippen LogP contribution in [0.2, 0.25) is 0 Å². The Morgan fingerprint density at radius 2 is 2.00 bits per heavy atom. The minimum atomic E-state index is -0.275. The smallest absolute Gasteiger partial charge is 0.137 e. The van der Waals surface area contributed by atoms with Gasteiger partial charge in [-0.2, -0.15) is 0 Å². The molecule has 1 atom stereocenters. The molecule has 0 amide bonds. The van der Waals surface area contributed by atoms with Gasteiger partial charge in [-0.25, -0.2) is 4.39 Å². The van der Waals surface area contributed by atoms with Crippen LogP contribution in [0.25, 0.3) is 0 Å². The number of Topliss-reactive ketones (excluding diaryl/α,β-unsaturated/α-hetero) is 1. The molecule has 1 unspecified atom stereocenters. The summed E-state index contributed by atoms with van der Waals surface area (Å²) in [7, 11) is 0. The van der Waals surface area contributed by atoms with Gasteiger partial charge in [0.1, 0.15) is 11.6 Å². The number of hydrogen-bond acceptors (Lipinski definition) is 1. The van der Waals surface area contributed by atoms with Gasteiger partial charge in [0.15, 0.2) is 0 Å². The van der Waals surface area contributed by atoms with E-state index in [4.69, 9.17) is 0 Å². The Labute approximate surface area is 124 Å². The maximum Gasteiger partial charge on any atom is 0.137 e. The predicted octanol–water partition coefficient (Wildman–Crippen LogP) is 4.45. The number of carbonyl (C=O) groups excluding carboxylic acids is 1. The van der Waals surface area contributed by atoms with Crippen LogP contribution < -0.4 is 0 Å². The Kier molecular flexibility index (Phi) is 4.14. The van der Waals surface area contributed by atoms with Gasteiger partial charge in [0.2, 0.25) is 0 Å². The van der Waals surface area contributed by atoms with Gasteiger partial charge in [-0.1, -0.05) is 36.4 Å². The predicted molar refractivity (Wildman–Crippen MR) is 81.8 cm³/mol. The summed E-state index contributed by atoms with van der Waals surface area (Å²) in [5.74, 6) is 0.252. The van der Waals surface area contributed by atoms with Crippen molar-refractivity contribution in [2.24, 2.45) is 0 Å². The summed E-state index contributed by atoms with van der Waals surface area (Å²) in [5.41, 5.74) is 3.48. The molecule has 2 aromatic rings. The first-order valence-electron chi connectivity index (χ1n) is 7.56. The molecule has 1 aliphatic carbocycles. The van der Waals surface area contributed by atoms with Crippen LogP contribution in [-0.2, 0) is 17.6 Å². The lowest BCUT2D eigenvalue weighted by Gasteiger charge is -2.25. The maximum absolute atomic E-state index is 13.2. The zero-order valence-electron chi connectivity index (χ0n) is 12.0. The van der Waals surface area contributed by atoms with Crippen LogP contribution in [0.3, 0.4) is 0 Å². The number of benzene rings is 2. The third-order valence-corrected chi connectivity index (χ3v) is 4.26. The summed E-state index contributed by atoms with van der Waals surface area (Å²) >= 11 is 0. The second-order valence-corrected chi connectivity index (χ2v) is 5.84. The van der Waals surface area contributed by atoms with Crippen LogP contribution in [-0.4, -0.2) is 5.78 Å². The lowest BCUT2D eigenvalue weighted by molar-refractivity contribution is -0.118. The largest absolute Gasteiger partial charge is 0.299 e. The van der Waals surface area contributed by atoms with E-state index in [9.17, 15) is 9.18 Å². The van der Waals surface area contributed by atoms with E-state index >= 15 is 0 Å². The summed E-state index contributed by atoms with van der Waals surface area (Å²) < 4.78 is 13.2. The molecule has 108 valence electrons. The Bertz CT molecular complexity index is 648. The van der Waals surface area contributed by atoms with Crippen molar-refractivity contribution in [1.29, 1.82) is 0 Å². The van der Waals surface area contributed by atoms with E-state index in [1.807, 2.05) is 12.1 Å². The lowest BCUT2D eigenvalue weighted by atomic mass is 9.80. The molecule has 0 N–H and O–H groups in total. The summed E-state index contributed by atoms with van der Waals surface area (Å²) in [6.07, 6.45) is 4.23. The molecular weight excluding hydrogens is 263 g/mol. The fourth-order valence-electron chi connectivity index (χ4n) is 3.29. The third-order valence-electron chi connectivity index (χ3n) is 4.26. The summed E-state index contributed by atoms with van der Waals surface area (Å²) in [6, 6.07) is 14.8. The molecule has 0 spiro atoms. The molecule has 1 aliphatic rings. The van der Waals surface area contributed by atoms with Gasteiger partial charge in [-0.05, 0) is 54.0 Å². The SMILES string of the molecule is O=C(Cc1cccc(F)c1)CC1CCCc2ccccc21. The normalized spacial score (nSPS) is 17.3. The molecule has 0 saturated heterocycles. The second kappa shape index (κ2) is 6.21. The fraction of sp³-hybridized carbons (Fsp3) is 0.316. The molecular formula is C19H19FO. The first kappa shape index (κ1) is 14.0. The molecule has 0 fully saturated rings. The molecule has 2 aromatic carbocycles. The first-order valence-corrected chi connectivity index (χ1v) is 7.56. The van der Waals surface area contributed by atoms with Crippen molar-refractivity contribution < 1.29 is 9.18 Å². The van der Waals surface area contributed by atoms with E-state index in [2.05, 4.69) is 18.2 Å².